The van der Waals surface area contributed by atoms with Gasteiger partial charge in [-0.05, 0) is 25.7 Å². The van der Waals surface area contributed by atoms with Gasteiger partial charge in [-0.1, -0.05) is 135 Å². The van der Waals surface area contributed by atoms with E-state index in [0.717, 1.165) is 38.5 Å². The number of aliphatic hydroxyl groups is 3. The molecule has 0 spiro atoms. The van der Waals surface area contributed by atoms with E-state index >= 15 is 0 Å². The van der Waals surface area contributed by atoms with Gasteiger partial charge in [0.2, 0.25) is 0 Å². The Kier molecular flexibility index (Phi) is 29.3. The standard InChI is InChI=1S/C41H75O12P/c1-3-5-7-8-9-10-11-12-13-14-15-16-17-18-20-25-40(46)51-31-35(32-52-54(48,49)50)53-41(47)26-22-21-24-34(43)29-37-36(38(44)30-39(37)45)28-27-33(42)23-19-6-4-2/h27-28,33,35-39,42,44-45H,3-26,29-32H2,1-2H3,(H2,48,49,50)/b28-27+/t33-,35+,36+,37+,38+,39-/m0/s1. The maximum Gasteiger partial charge on any atom is 0.469 e. The fourth-order valence-corrected chi connectivity index (χ4v) is 7.38. The monoisotopic (exact) mass is 790 g/mol. The number of carbonyl (C=O) groups excluding carboxylic acids is 3. The lowest BCUT2D eigenvalue weighted by Gasteiger charge is -2.20. The summed E-state index contributed by atoms with van der Waals surface area (Å²) in [5, 5.41) is 31.2. The van der Waals surface area contributed by atoms with Crippen LogP contribution in [-0.4, -0.2) is 80.5 Å². The molecule has 12 nitrogen and oxygen atoms in total. The molecule has 1 saturated carbocycles. The quantitative estimate of drug-likeness (QED) is 0.0179. The molecule has 6 atom stereocenters. The molecular weight excluding hydrogens is 715 g/mol. The maximum absolute atomic E-state index is 12.8. The topological polar surface area (TPSA) is 197 Å². The van der Waals surface area contributed by atoms with Crippen molar-refractivity contribution >= 4 is 25.5 Å². The Morgan fingerprint density at radius 3 is 1.76 bits per heavy atom. The first-order valence-corrected chi connectivity index (χ1v) is 22.7. The molecule has 5 N–H and O–H groups in total. The van der Waals surface area contributed by atoms with Gasteiger partial charge in [0.05, 0.1) is 24.9 Å². The third-order valence-electron chi connectivity index (χ3n) is 10.3. The average Bonchev–Trinajstić information content (AvgIpc) is 3.38. The Morgan fingerprint density at radius 2 is 1.19 bits per heavy atom. The van der Waals surface area contributed by atoms with Crippen LogP contribution in [0.4, 0.5) is 0 Å². The smallest absolute Gasteiger partial charge is 0.462 e. The number of ketones is 1. The van der Waals surface area contributed by atoms with E-state index in [1.54, 1.807) is 12.2 Å². The van der Waals surface area contributed by atoms with Gasteiger partial charge in [-0.2, -0.15) is 0 Å². The third kappa shape index (κ3) is 27.0. The molecule has 1 aliphatic rings. The first-order valence-electron chi connectivity index (χ1n) is 21.2. The number of ether oxygens (including phenoxy) is 2. The first-order chi connectivity index (χ1) is 25.9. The minimum Gasteiger partial charge on any atom is -0.462 e. The molecule has 0 aromatic heterocycles. The van der Waals surface area contributed by atoms with Gasteiger partial charge in [0.25, 0.3) is 0 Å². The Morgan fingerprint density at radius 1 is 0.685 bits per heavy atom. The molecule has 0 aromatic carbocycles. The molecule has 1 rings (SSSR count). The van der Waals surface area contributed by atoms with Crippen molar-refractivity contribution < 1.29 is 58.1 Å². The molecule has 0 heterocycles. The van der Waals surface area contributed by atoms with Gasteiger partial charge in [0.1, 0.15) is 12.4 Å². The maximum atomic E-state index is 12.8. The van der Waals surface area contributed by atoms with Gasteiger partial charge in [-0.3, -0.25) is 18.9 Å². The van der Waals surface area contributed by atoms with E-state index in [9.17, 15) is 34.3 Å². The third-order valence-corrected chi connectivity index (χ3v) is 10.8. The first kappa shape index (κ1) is 50.4. The van der Waals surface area contributed by atoms with E-state index in [2.05, 4.69) is 18.4 Å². The zero-order chi connectivity index (χ0) is 40.0. The van der Waals surface area contributed by atoms with Crippen molar-refractivity contribution in [3.8, 4) is 0 Å². The Bertz CT molecular complexity index is 1060. The van der Waals surface area contributed by atoms with Crippen molar-refractivity contribution in [1.82, 2.24) is 0 Å². The predicted octanol–water partition coefficient (Wildman–Crippen LogP) is 8.19. The second kappa shape index (κ2) is 31.4. The number of carbonyl (C=O) groups is 3. The summed E-state index contributed by atoms with van der Waals surface area (Å²) in [6.07, 6.45) is 22.8. The van der Waals surface area contributed by atoms with Crippen molar-refractivity contribution in [2.24, 2.45) is 11.8 Å². The largest absolute Gasteiger partial charge is 0.469 e. The molecule has 1 fully saturated rings. The van der Waals surface area contributed by atoms with Crippen LogP contribution in [0.3, 0.4) is 0 Å². The van der Waals surface area contributed by atoms with Gasteiger partial charge in [0, 0.05) is 43.9 Å². The normalized spacial score (nSPS) is 20.0. The van der Waals surface area contributed by atoms with Crippen molar-refractivity contribution in [3.05, 3.63) is 12.2 Å². The lowest BCUT2D eigenvalue weighted by molar-refractivity contribution is -0.161. The predicted molar refractivity (Wildman–Crippen MR) is 209 cm³/mol. The molecule has 0 bridgehead atoms. The number of hydrogen-bond acceptors (Lipinski definition) is 10. The summed E-state index contributed by atoms with van der Waals surface area (Å²) in [6.45, 7) is 3.27. The molecule has 54 heavy (non-hydrogen) atoms. The Balaban J connectivity index is 2.31. The number of phosphoric ester groups is 1. The van der Waals surface area contributed by atoms with Crippen molar-refractivity contribution in [3.63, 3.8) is 0 Å². The van der Waals surface area contributed by atoms with Crippen LogP contribution in [0, 0.1) is 11.8 Å². The van der Waals surface area contributed by atoms with Gasteiger partial charge in [0.15, 0.2) is 6.10 Å². The highest BCUT2D eigenvalue weighted by Crippen LogP contribution is 2.37. The summed E-state index contributed by atoms with van der Waals surface area (Å²) in [4.78, 5) is 55.8. The van der Waals surface area contributed by atoms with Gasteiger partial charge in [-0.25, -0.2) is 4.57 Å². The molecule has 1 aliphatic carbocycles. The van der Waals surface area contributed by atoms with E-state index in [4.69, 9.17) is 19.3 Å². The van der Waals surface area contributed by atoms with Crippen LogP contribution in [0.5, 0.6) is 0 Å². The minimum absolute atomic E-state index is 0.0656. The second-order valence-corrected chi connectivity index (χ2v) is 16.5. The number of aliphatic hydroxyl groups excluding tert-OH is 3. The van der Waals surface area contributed by atoms with Crippen LogP contribution in [0.1, 0.15) is 181 Å². The number of Topliss-reactive ketones (excluding diaryl/α,β-unsaturated/α-hetero) is 1. The summed E-state index contributed by atoms with van der Waals surface area (Å²) < 4.78 is 26.3. The summed E-state index contributed by atoms with van der Waals surface area (Å²) in [5.74, 6) is -2.19. The van der Waals surface area contributed by atoms with E-state index in [1.165, 1.54) is 70.6 Å². The van der Waals surface area contributed by atoms with Crippen LogP contribution in [0.25, 0.3) is 0 Å². The zero-order valence-electron chi connectivity index (χ0n) is 33.5. The van der Waals surface area contributed by atoms with Crippen molar-refractivity contribution in [1.29, 1.82) is 0 Å². The molecule has 0 radical (unpaired) electrons. The van der Waals surface area contributed by atoms with E-state index in [1.807, 2.05) is 0 Å². The van der Waals surface area contributed by atoms with Crippen molar-refractivity contribution in [2.45, 2.75) is 205 Å². The fourth-order valence-electron chi connectivity index (χ4n) is 7.02. The highest BCUT2D eigenvalue weighted by molar-refractivity contribution is 7.46. The number of esters is 2. The van der Waals surface area contributed by atoms with Crippen LogP contribution in [0.15, 0.2) is 12.2 Å². The van der Waals surface area contributed by atoms with Crippen molar-refractivity contribution in [2.75, 3.05) is 13.2 Å². The van der Waals surface area contributed by atoms with E-state index in [-0.39, 0.29) is 37.9 Å². The fraction of sp³-hybridized carbons (Fsp3) is 0.878. The Hall–Kier alpha value is -1.66. The molecule has 0 saturated heterocycles. The molecule has 13 heteroatoms. The Labute approximate surface area is 325 Å². The lowest BCUT2D eigenvalue weighted by Crippen LogP contribution is -2.29. The molecule has 0 aromatic rings. The average molecular weight is 791 g/mol. The van der Waals surface area contributed by atoms with E-state index < -0.39 is 69.2 Å². The lowest BCUT2D eigenvalue weighted by atomic mass is 9.87. The van der Waals surface area contributed by atoms with Crippen LogP contribution < -0.4 is 0 Å². The molecule has 0 unspecified atom stereocenters. The minimum atomic E-state index is -4.85. The summed E-state index contributed by atoms with van der Waals surface area (Å²) in [6, 6.07) is 0. The summed E-state index contributed by atoms with van der Waals surface area (Å²) in [5.41, 5.74) is 0. The molecule has 0 aliphatic heterocycles. The van der Waals surface area contributed by atoms with E-state index in [0.29, 0.717) is 25.7 Å². The second-order valence-electron chi connectivity index (χ2n) is 15.3. The van der Waals surface area contributed by atoms with Gasteiger partial charge < -0.3 is 34.6 Å². The SMILES string of the molecule is CCCCCCCCCCCCCCCCCC(=O)OC[C@H](COP(=O)(O)O)OC(=O)CCCCC(=O)C[C@@H]1[C@@H](/C=C/[C@@H](O)CCCCC)[C@H](O)C[C@@H]1O. The highest BCUT2D eigenvalue weighted by Gasteiger charge is 2.41. The number of hydrogen-bond donors (Lipinski definition) is 5. The molecule has 316 valence electrons. The summed E-state index contributed by atoms with van der Waals surface area (Å²) in [7, 11) is -4.85. The van der Waals surface area contributed by atoms with Crippen LogP contribution in [-0.2, 0) is 32.9 Å². The molecular formula is C41H75O12P. The number of unbranched alkanes of at least 4 members (excludes halogenated alkanes) is 17. The van der Waals surface area contributed by atoms with Gasteiger partial charge >= 0.3 is 19.8 Å². The number of phosphoric acid groups is 1. The van der Waals surface area contributed by atoms with Gasteiger partial charge in [-0.15, -0.1) is 0 Å². The number of rotatable bonds is 35. The highest BCUT2D eigenvalue weighted by atomic mass is 31.2. The van der Waals surface area contributed by atoms with Crippen LogP contribution >= 0.6 is 7.82 Å². The zero-order valence-corrected chi connectivity index (χ0v) is 34.4. The van der Waals surface area contributed by atoms with Crippen LogP contribution in [0.2, 0.25) is 0 Å². The summed E-state index contributed by atoms with van der Waals surface area (Å²) >= 11 is 0. The molecule has 0 amide bonds.